The minimum Gasteiger partial charge on any atom is -0.387 e. The standard InChI is InChI=1S/C19H30N2O/c1-13(2)21-17-7-8-18(21)11-16(10-17)20-12-19(22)15-6-4-5-14(3)9-15/h4-6,9,13,16-20,22H,7-8,10-12H2,1-3H3. The van der Waals surface area contributed by atoms with Crippen molar-refractivity contribution < 1.29 is 5.11 Å². The second kappa shape index (κ2) is 6.69. The topological polar surface area (TPSA) is 35.5 Å². The minimum atomic E-state index is -0.402. The van der Waals surface area contributed by atoms with Gasteiger partial charge in [-0.2, -0.15) is 0 Å². The summed E-state index contributed by atoms with van der Waals surface area (Å²) in [6.45, 7) is 7.37. The van der Waals surface area contributed by atoms with Crippen molar-refractivity contribution >= 4 is 0 Å². The van der Waals surface area contributed by atoms with Crippen LogP contribution in [0, 0.1) is 6.92 Å². The van der Waals surface area contributed by atoms with Crippen molar-refractivity contribution in [2.45, 2.75) is 76.7 Å². The largest absolute Gasteiger partial charge is 0.387 e. The molecule has 3 nitrogen and oxygen atoms in total. The zero-order valence-electron chi connectivity index (χ0n) is 14.1. The first-order chi connectivity index (χ1) is 10.5. The average Bonchev–Trinajstić information content (AvgIpc) is 2.76. The van der Waals surface area contributed by atoms with Gasteiger partial charge in [0.25, 0.3) is 0 Å². The molecule has 0 amide bonds. The number of aliphatic hydroxyl groups is 1. The van der Waals surface area contributed by atoms with Crippen molar-refractivity contribution in [1.29, 1.82) is 0 Å². The van der Waals surface area contributed by atoms with Gasteiger partial charge in [-0.25, -0.2) is 0 Å². The van der Waals surface area contributed by atoms with Gasteiger partial charge in [0.05, 0.1) is 6.10 Å². The lowest BCUT2D eigenvalue weighted by Gasteiger charge is -2.42. The maximum atomic E-state index is 10.4. The quantitative estimate of drug-likeness (QED) is 0.877. The highest BCUT2D eigenvalue weighted by Gasteiger charge is 2.41. The molecule has 2 aliphatic rings. The molecule has 2 fully saturated rings. The highest BCUT2D eigenvalue weighted by Crippen LogP contribution is 2.37. The lowest BCUT2D eigenvalue weighted by molar-refractivity contribution is 0.0788. The molecule has 3 unspecified atom stereocenters. The molecule has 3 heteroatoms. The van der Waals surface area contributed by atoms with E-state index in [1.165, 1.54) is 31.2 Å². The summed E-state index contributed by atoms with van der Waals surface area (Å²) in [5, 5.41) is 14.0. The SMILES string of the molecule is Cc1cccc(C(O)CNC2CC3CCC(C2)N3C(C)C)c1. The van der Waals surface area contributed by atoms with E-state index in [1.807, 2.05) is 12.1 Å². The lowest BCUT2D eigenvalue weighted by atomic mass is 9.95. The van der Waals surface area contributed by atoms with E-state index < -0.39 is 6.10 Å². The van der Waals surface area contributed by atoms with E-state index in [1.54, 1.807) is 0 Å². The molecule has 2 N–H and O–H groups in total. The van der Waals surface area contributed by atoms with Crippen LogP contribution in [-0.4, -0.2) is 40.7 Å². The predicted molar refractivity (Wildman–Crippen MR) is 90.9 cm³/mol. The molecule has 122 valence electrons. The fourth-order valence-electron chi connectivity index (χ4n) is 4.50. The Morgan fingerprint density at radius 3 is 2.50 bits per heavy atom. The first-order valence-corrected chi connectivity index (χ1v) is 8.80. The van der Waals surface area contributed by atoms with Gasteiger partial charge in [-0.3, -0.25) is 4.90 Å². The summed E-state index contributed by atoms with van der Waals surface area (Å²) < 4.78 is 0. The maximum Gasteiger partial charge on any atom is 0.0914 e. The number of rotatable bonds is 5. The van der Waals surface area contributed by atoms with Gasteiger partial charge in [-0.1, -0.05) is 29.8 Å². The van der Waals surface area contributed by atoms with Crippen LogP contribution in [0.1, 0.15) is 56.8 Å². The van der Waals surface area contributed by atoms with Gasteiger partial charge >= 0.3 is 0 Å². The Kier molecular flexibility index (Phi) is 4.86. The van der Waals surface area contributed by atoms with Gasteiger partial charge in [0.2, 0.25) is 0 Å². The van der Waals surface area contributed by atoms with E-state index in [0.717, 1.165) is 17.6 Å². The number of benzene rings is 1. The van der Waals surface area contributed by atoms with E-state index in [4.69, 9.17) is 0 Å². The molecule has 1 aromatic carbocycles. The molecule has 0 aromatic heterocycles. The molecule has 0 spiro atoms. The summed E-state index contributed by atoms with van der Waals surface area (Å²) in [6.07, 6.45) is 4.76. The zero-order chi connectivity index (χ0) is 15.7. The number of piperidine rings is 1. The van der Waals surface area contributed by atoms with Gasteiger partial charge < -0.3 is 10.4 Å². The van der Waals surface area contributed by atoms with Crippen LogP contribution in [0.15, 0.2) is 24.3 Å². The molecular formula is C19H30N2O. The number of hydrogen-bond acceptors (Lipinski definition) is 3. The molecule has 0 saturated carbocycles. The molecule has 22 heavy (non-hydrogen) atoms. The molecule has 3 atom stereocenters. The van der Waals surface area contributed by atoms with Crippen molar-refractivity contribution in [1.82, 2.24) is 10.2 Å². The van der Waals surface area contributed by atoms with Gasteiger partial charge in [0.1, 0.15) is 0 Å². The van der Waals surface area contributed by atoms with E-state index >= 15 is 0 Å². The van der Waals surface area contributed by atoms with Crippen LogP contribution in [0.3, 0.4) is 0 Å². The Balaban J connectivity index is 1.53. The Labute approximate surface area is 134 Å². The van der Waals surface area contributed by atoms with E-state index in [-0.39, 0.29) is 0 Å². The fraction of sp³-hybridized carbons (Fsp3) is 0.684. The number of nitrogens with one attached hydrogen (secondary N) is 1. The highest BCUT2D eigenvalue weighted by atomic mass is 16.3. The molecule has 0 radical (unpaired) electrons. The number of aryl methyl sites for hydroxylation is 1. The molecule has 2 bridgehead atoms. The molecule has 3 rings (SSSR count). The van der Waals surface area contributed by atoms with E-state index in [9.17, 15) is 5.11 Å². The second-order valence-electron chi connectivity index (χ2n) is 7.43. The van der Waals surface area contributed by atoms with Crippen molar-refractivity contribution in [3.63, 3.8) is 0 Å². The van der Waals surface area contributed by atoms with Crippen molar-refractivity contribution in [2.24, 2.45) is 0 Å². The number of hydrogen-bond donors (Lipinski definition) is 2. The van der Waals surface area contributed by atoms with Crippen molar-refractivity contribution in [3.8, 4) is 0 Å². The Morgan fingerprint density at radius 2 is 1.91 bits per heavy atom. The third kappa shape index (κ3) is 3.37. The monoisotopic (exact) mass is 302 g/mol. The summed E-state index contributed by atoms with van der Waals surface area (Å²) >= 11 is 0. The van der Waals surface area contributed by atoms with Gasteiger partial charge in [0.15, 0.2) is 0 Å². The fourth-order valence-corrected chi connectivity index (χ4v) is 4.50. The maximum absolute atomic E-state index is 10.4. The van der Waals surface area contributed by atoms with Crippen LogP contribution in [0.25, 0.3) is 0 Å². The molecule has 1 aromatic rings. The highest BCUT2D eigenvalue weighted by molar-refractivity contribution is 5.24. The van der Waals surface area contributed by atoms with E-state index in [0.29, 0.717) is 18.6 Å². The predicted octanol–water partition coefficient (Wildman–Crippen LogP) is 3.02. The third-order valence-electron chi connectivity index (χ3n) is 5.41. The number of aliphatic hydroxyl groups excluding tert-OH is 1. The summed E-state index contributed by atoms with van der Waals surface area (Å²) in [6, 6.07) is 10.9. The molecule has 2 heterocycles. The van der Waals surface area contributed by atoms with Crippen LogP contribution < -0.4 is 5.32 Å². The van der Waals surface area contributed by atoms with Crippen LogP contribution >= 0.6 is 0 Å². The molecule has 2 saturated heterocycles. The van der Waals surface area contributed by atoms with Crippen LogP contribution in [-0.2, 0) is 0 Å². The van der Waals surface area contributed by atoms with Crippen molar-refractivity contribution in [3.05, 3.63) is 35.4 Å². The third-order valence-corrected chi connectivity index (χ3v) is 5.41. The van der Waals surface area contributed by atoms with Gasteiger partial charge in [0, 0.05) is 30.7 Å². The molecule has 0 aliphatic carbocycles. The lowest BCUT2D eigenvalue weighted by Crippen LogP contribution is -2.52. The van der Waals surface area contributed by atoms with Gasteiger partial charge in [-0.15, -0.1) is 0 Å². The van der Waals surface area contributed by atoms with E-state index in [2.05, 4.69) is 43.1 Å². The average molecular weight is 302 g/mol. The summed E-state index contributed by atoms with van der Waals surface area (Å²) in [4.78, 5) is 2.72. The summed E-state index contributed by atoms with van der Waals surface area (Å²) in [7, 11) is 0. The Hall–Kier alpha value is -0.900. The van der Waals surface area contributed by atoms with Crippen LogP contribution in [0.4, 0.5) is 0 Å². The zero-order valence-corrected chi connectivity index (χ0v) is 14.1. The van der Waals surface area contributed by atoms with Crippen LogP contribution in [0.5, 0.6) is 0 Å². The summed E-state index contributed by atoms with van der Waals surface area (Å²) in [5.74, 6) is 0. The Bertz CT molecular complexity index is 488. The molecule has 2 aliphatic heterocycles. The van der Waals surface area contributed by atoms with Crippen LogP contribution in [0.2, 0.25) is 0 Å². The van der Waals surface area contributed by atoms with Gasteiger partial charge in [-0.05, 0) is 52.0 Å². The minimum absolute atomic E-state index is 0.402. The number of nitrogens with zero attached hydrogens (tertiary/aromatic N) is 1. The first-order valence-electron chi connectivity index (χ1n) is 8.80. The van der Waals surface area contributed by atoms with Crippen molar-refractivity contribution in [2.75, 3.05) is 6.54 Å². The second-order valence-corrected chi connectivity index (χ2v) is 7.43. The Morgan fingerprint density at radius 1 is 1.23 bits per heavy atom. The number of fused-ring (bicyclic) bond motifs is 2. The molecular weight excluding hydrogens is 272 g/mol. The smallest absolute Gasteiger partial charge is 0.0914 e. The first kappa shape index (κ1) is 16.0. The normalized spacial score (nSPS) is 30.0. The summed E-state index contributed by atoms with van der Waals surface area (Å²) in [5.41, 5.74) is 2.23.